The molecular weight excluding hydrogens is 480 g/mol. The molecule has 2 fully saturated rings. The van der Waals surface area contributed by atoms with E-state index in [0.29, 0.717) is 0 Å². The zero-order valence-electron chi connectivity index (χ0n) is 19.2. The van der Waals surface area contributed by atoms with Gasteiger partial charge >= 0.3 is 21.1 Å². The summed E-state index contributed by atoms with van der Waals surface area (Å²) in [5, 5.41) is 14.1. The first kappa shape index (κ1) is 24.7. The molecule has 13 heteroatoms. The van der Waals surface area contributed by atoms with Crippen LogP contribution in [0.1, 0.15) is 26.7 Å². The highest BCUT2D eigenvalue weighted by atomic mass is 32.2. The largest absolute Gasteiger partial charge is 0.618 e. The van der Waals surface area contributed by atoms with Gasteiger partial charge in [0, 0.05) is 24.7 Å². The Morgan fingerprint density at radius 2 is 2.09 bits per heavy atom. The highest BCUT2D eigenvalue weighted by Gasteiger charge is 2.55. The van der Waals surface area contributed by atoms with E-state index in [1.807, 2.05) is 13.8 Å². The van der Waals surface area contributed by atoms with Crippen LogP contribution >= 0.6 is 0 Å². The fourth-order valence-electron chi connectivity index (χ4n) is 4.56. The van der Waals surface area contributed by atoms with Crippen LogP contribution in [-0.4, -0.2) is 66.6 Å². The molecule has 3 unspecified atom stereocenters. The van der Waals surface area contributed by atoms with Gasteiger partial charge in [-0.05, 0) is 24.8 Å². The normalized spacial score (nSPS) is 21.2. The van der Waals surface area contributed by atoms with Crippen molar-refractivity contribution in [3.8, 4) is 5.75 Å². The molecule has 2 aromatic rings. The predicted octanol–water partition coefficient (Wildman–Crippen LogP) is 0.659. The second kappa shape index (κ2) is 9.66. The van der Waals surface area contributed by atoms with E-state index in [4.69, 9.17) is 9.15 Å². The fraction of sp³-hybridized carbons (Fsp3) is 0.455. The molecule has 12 nitrogen and oxygen atoms in total. The lowest BCUT2D eigenvalue weighted by molar-refractivity contribution is -0.646. The van der Waals surface area contributed by atoms with Crippen LogP contribution in [0.15, 0.2) is 52.4 Å². The molecule has 0 saturated carbocycles. The van der Waals surface area contributed by atoms with E-state index in [-0.39, 0.29) is 35.8 Å². The molecule has 2 aliphatic rings. The zero-order valence-corrected chi connectivity index (χ0v) is 20.0. The number of carbonyl (C=O) groups is 3. The molecule has 0 spiro atoms. The van der Waals surface area contributed by atoms with Gasteiger partial charge in [0.1, 0.15) is 18.3 Å². The number of hydrogen-bond acceptors (Lipinski definition) is 8. The minimum Gasteiger partial charge on any atom is -0.618 e. The molecule has 188 valence electrons. The number of nitrogens with zero attached hydrogens (tertiary/aromatic N) is 3. The summed E-state index contributed by atoms with van der Waals surface area (Å²) in [6, 6.07) is 2.66. The van der Waals surface area contributed by atoms with Gasteiger partial charge in [-0.25, -0.2) is 13.2 Å². The maximum absolute atomic E-state index is 13.5. The summed E-state index contributed by atoms with van der Waals surface area (Å²) in [5.41, 5.74) is 0. The molecule has 0 aromatic carbocycles. The lowest BCUT2D eigenvalue weighted by Gasteiger charge is -2.28. The number of ether oxygens (including phenoxy) is 1. The molecule has 35 heavy (non-hydrogen) atoms. The minimum atomic E-state index is -4.27. The van der Waals surface area contributed by atoms with Gasteiger partial charge in [-0.15, -0.1) is 0 Å². The van der Waals surface area contributed by atoms with Crippen molar-refractivity contribution in [2.24, 2.45) is 5.92 Å². The van der Waals surface area contributed by atoms with E-state index in [9.17, 15) is 28.0 Å². The third kappa shape index (κ3) is 4.86. The second-order valence-electron chi connectivity index (χ2n) is 8.89. The number of pyridine rings is 1. The lowest BCUT2D eigenvalue weighted by Crippen LogP contribution is -2.53. The number of aromatic nitrogens is 1. The lowest BCUT2D eigenvalue weighted by atomic mass is 10.0. The molecule has 2 saturated heterocycles. The van der Waals surface area contributed by atoms with E-state index in [1.54, 1.807) is 0 Å². The minimum absolute atomic E-state index is 0.0262. The molecule has 2 aromatic heterocycles. The highest BCUT2D eigenvalue weighted by Crippen LogP contribution is 2.34. The maximum Gasteiger partial charge on any atom is 0.413 e. The number of amides is 2. The maximum atomic E-state index is 13.5. The van der Waals surface area contributed by atoms with Gasteiger partial charge in [-0.2, -0.15) is 9.04 Å². The van der Waals surface area contributed by atoms with Crippen LogP contribution in [0.2, 0.25) is 0 Å². The smallest absolute Gasteiger partial charge is 0.413 e. The van der Waals surface area contributed by atoms with Crippen molar-refractivity contribution in [2.45, 2.75) is 49.8 Å². The number of nitrogens with one attached hydrogen (secondary N) is 1. The molecule has 1 N–H and O–H groups in total. The predicted molar refractivity (Wildman–Crippen MR) is 119 cm³/mol. The third-order valence-electron chi connectivity index (χ3n) is 6.03. The average Bonchev–Trinajstić information content (AvgIpc) is 3.52. The fourth-order valence-corrected chi connectivity index (χ4v) is 6.21. The van der Waals surface area contributed by atoms with Crippen molar-refractivity contribution >= 4 is 27.8 Å². The Kier molecular flexibility index (Phi) is 6.81. The number of carbonyl (C=O) groups excluding carboxylic acids is 3. The second-order valence-corrected chi connectivity index (χ2v) is 10.7. The van der Waals surface area contributed by atoms with Gasteiger partial charge < -0.3 is 24.6 Å². The van der Waals surface area contributed by atoms with Crippen molar-refractivity contribution in [1.82, 2.24) is 14.5 Å². The summed E-state index contributed by atoms with van der Waals surface area (Å²) in [6.45, 7) is 3.44. The average molecular weight is 507 g/mol. The van der Waals surface area contributed by atoms with Crippen LogP contribution < -0.4 is 14.8 Å². The molecule has 4 heterocycles. The number of ketones is 1. The van der Waals surface area contributed by atoms with E-state index < -0.39 is 57.5 Å². The quantitative estimate of drug-likeness (QED) is 0.424. The number of likely N-dealkylation sites (tertiary alicyclic amines) is 1. The van der Waals surface area contributed by atoms with Crippen molar-refractivity contribution in [1.29, 1.82) is 0 Å². The summed E-state index contributed by atoms with van der Waals surface area (Å²) >= 11 is 0. The number of rotatable bonds is 7. The number of sulfonamides is 1. The number of Topliss-reactive ketones (excluding diaryl/α,β-unsaturated/α-hetero) is 1. The molecule has 2 amide bonds. The van der Waals surface area contributed by atoms with Crippen molar-refractivity contribution in [3.63, 3.8) is 0 Å². The van der Waals surface area contributed by atoms with Gasteiger partial charge in [-0.1, -0.05) is 13.8 Å². The summed E-state index contributed by atoms with van der Waals surface area (Å²) in [5.74, 6) is -0.746. The summed E-state index contributed by atoms with van der Waals surface area (Å²) < 4.78 is 37.5. The van der Waals surface area contributed by atoms with Crippen LogP contribution in [0, 0.1) is 11.1 Å². The first-order valence-corrected chi connectivity index (χ1v) is 12.6. The standard InChI is InChI=1S/C22H26N4O8S/c1-14(2)11-16(23-22(29)34-15-7-10-33-13-15)21(28)24-9-6-17-20(24)18(27)12-26(17)35(31,32)19-5-3-4-8-25(19)30/h3-5,7-8,10,13-14,16-17,20H,6,9,11-12H2,1-2H3,(H,23,29). The Hall–Kier alpha value is -3.45. The third-order valence-corrected chi connectivity index (χ3v) is 7.89. The summed E-state index contributed by atoms with van der Waals surface area (Å²) in [4.78, 5) is 40.0. The van der Waals surface area contributed by atoms with Gasteiger partial charge in [0.15, 0.2) is 17.7 Å². The summed E-state index contributed by atoms with van der Waals surface area (Å²) in [7, 11) is -4.27. The highest BCUT2D eigenvalue weighted by molar-refractivity contribution is 7.89. The van der Waals surface area contributed by atoms with Gasteiger partial charge in [0.25, 0.3) is 0 Å². The van der Waals surface area contributed by atoms with Crippen LogP contribution in [0.4, 0.5) is 4.79 Å². The van der Waals surface area contributed by atoms with E-state index in [2.05, 4.69) is 5.32 Å². The Morgan fingerprint density at radius 3 is 2.74 bits per heavy atom. The van der Waals surface area contributed by atoms with Crippen molar-refractivity contribution in [3.05, 3.63) is 48.2 Å². The molecule has 3 atom stereocenters. The Balaban J connectivity index is 1.53. The molecule has 0 bridgehead atoms. The van der Waals surface area contributed by atoms with Crippen molar-refractivity contribution in [2.75, 3.05) is 13.1 Å². The molecule has 2 aliphatic heterocycles. The Bertz CT molecular complexity index is 1210. The molecule has 4 rings (SSSR count). The zero-order chi connectivity index (χ0) is 25.3. The SMILES string of the molecule is CC(C)CC(NC(=O)Oc1ccoc1)C(=O)N1CCC2C1C(=O)CN2S(=O)(=O)c1cccc[n+]1[O-]. The number of hydrogen-bond donors (Lipinski definition) is 1. The van der Waals surface area contributed by atoms with Crippen LogP contribution in [0.3, 0.4) is 0 Å². The van der Waals surface area contributed by atoms with Crippen LogP contribution in [0.25, 0.3) is 0 Å². The van der Waals surface area contributed by atoms with Gasteiger partial charge in [0.05, 0.1) is 18.8 Å². The topological polar surface area (TPSA) is 153 Å². The van der Waals surface area contributed by atoms with Gasteiger partial charge in [-0.3, -0.25) is 9.59 Å². The first-order chi connectivity index (χ1) is 16.6. The first-order valence-electron chi connectivity index (χ1n) is 11.1. The molecule has 0 aliphatic carbocycles. The Morgan fingerprint density at radius 1 is 1.31 bits per heavy atom. The van der Waals surface area contributed by atoms with Crippen LogP contribution in [0.5, 0.6) is 5.75 Å². The van der Waals surface area contributed by atoms with Gasteiger partial charge in [0.2, 0.25) is 5.91 Å². The molecular formula is C22H26N4O8S. The van der Waals surface area contributed by atoms with E-state index in [1.165, 1.54) is 41.7 Å². The van der Waals surface area contributed by atoms with E-state index in [0.717, 1.165) is 10.5 Å². The summed E-state index contributed by atoms with van der Waals surface area (Å²) in [6.07, 6.45) is 3.28. The number of fused-ring (bicyclic) bond motifs is 1. The molecule has 0 radical (unpaired) electrons. The number of furan rings is 1. The Labute approximate surface area is 202 Å². The van der Waals surface area contributed by atoms with E-state index >= 15 is 0 Å². The van der Waals surface area contributed by atoms with Crippen LogP contribution in [-0.2, 0) is 19.6 Å². The monoisotopic (exact) mass is 506 g/mol. The van der Waals surface area contributed by atoms with Crippen molar-refractivity contribution < 1.29 is 36.7 Å².